The number of rotatable bonds is 8. The van der Waals surface area contributed by atoms with Gasteiger partial charge in [-0.25, -0.2) is 0 Å². The summed E-state index contributed by atoms with van der Waals surface area (Å²) < 4.78 is 0. The minimum absolute atomic E-state index is 0.357. The topological polar surface area (TPSA) is 62.7 Å². The van der Waals surface area contributed by atoms with Crippen molar-refractivity contribution in [1.29, 1.82) is 0 Å². The Bertz CT molecular complexity index is 609. The molecule has 1 aromatic carbocycles. The van der Waals surface area contributed by atoms with Gasteiger partial charge in [-0.15, -0.1) is 0 Å². The molecule has 0 aliphatic rings. The van der Waals surface area contributed by atoms with E-state index in [2.05, 4.69) is 58.5 Å². The van der Waals surface area contributed by atoms with Crippen LogP contribution in [0.15, 0.2) is 24.3 Å². The highest BCUT2D eigenvalue weighted by atomic mass is 15.2. The van der Waals surface area contributed by atoms with Crippen molar-refractivity contribution in [3.05, 3.63) is 35.7 Å². The van der Waals surface area contributed by atoms with Gasteiger partial charge < -0.3 is 10.6 Å². The molecule has 0 spiro atoms. The van der Waals surface area contributed by atoms with Crippen LogP contribution in [0.4, 0.5) is 17.6 Å². The van der Waals surface area contributed by atoms with E-state index in [0.29, 0.717) is 23.8 Å². The van der Waals surface area contributed by atoms with Gasteiger partial charge in [0.25, 0.3) is 0 Å². The molecule has 0 unspecified atom stereocenters. The molecular weight excluding hydrogens is 286 g/mol. The monoisotopic (exact) mass is 313 g/mol. The molecule has 1 heterocycles. The van der Waals surface area contributed by atoms with Gasteiger partial charge in [-0.05, 0) is 39.3 Å². The van der Waals surface area contributed by atoms with Crippen LogP contribution in [-0.2, 0) is 0 Å². The SMILES string of the molecule is CCCCC[C@@H](C)Nc1nc(C)nc(Nc2ccc(C)cc2)n1. The molecule has 0 bridgehead atoms. The maximum Gasteiger partial charge on any atom is 0.232 e. The summed E-state index contributed by atoms with van der Waals surface area (Å²) in [4.78, 5) is 13.2. The number of unbranched alkanes of at least 4 members (excludes halogenated alkanes) is 2. The first kappa shape index (κ1) is 17.2. The predicted octanol–water partition coefficient (Wildman–Crippen LogP) is 4.61. The van der Waals surface area contributed by atoms with E-state index in [4.69, 9.17) is 0 Å². The average molecular weight is 313 g/mol. The maximum atomic E-state index is 4.48. The van der Waals surface area contributed by atoms with Crippen LogP contribution in [-0.4, -0.2) is 21.0 Å². The Kier molecular flexibility index (Phi) is 6.32. The molecular formula is C18H27N5. The molecule has 0 aliphatic carbocycles. The summed E-state index contributed by atoms with van der Waals surface area (Å²) in [6.45, 7) is 8.34. The number of hydrogen-bond acceptors (Lipinski definition) is 5. The molecule has 0 fully saturated rings. The van der Waals surface area contributed by atoms with Crippen molar-refractivity contribution in [3.63, 3.8) is 0 Å². The lowest BCUT2D eigenvalue weighted by molar-refractivity contribution is 0.611. The van der Waals surface area contributed by atoms with Crippen LogP contribution < -0.4 is 10.6 Å². The van der Waals surface area contributed by atoms with Gasteiger partial charge in [-0.2, -0.15) is 15.0 Å². The van der Waals surface area contributed by atoms with Gasteiger partial charge >= 0.3 is 0 Å². The van der Waals surface area contributed by atoms with Crippen molar-refractivity contribution < 1.29 is 0 Å². The summed E-state index contributed by atoms with van der Waals surface area (Å²) in [6.07, 6.45) is 4.85. The van der Waals surface area contributed by atoms with Gasteiger partial charge in [0, 0.05) is 11.7 Å². The highest BCUT2D eigenvalue weighted by Gasteiger charge is 2.08. The Morgan fingerprint density at radius 1 is 0.957 bits per heavy atom. The Morgan fingerprint density at radius 2 is 1.65 bits per heavy atom. The molecule has 0 saturated heterocycles. The zero-order chi connectivity index (χ0) is 16.7. The van der Waals surface area contributed by atoms with E-state index < -0.39 is 0 Å². The third-order valence-corrected chi connectivity index (χ3v) is 3.67. The highest BCUT2D eigenvalue weighted by Crippen LogP contribution is 2.15. The number of aromatic nitrogens is 3. The van der Waals surface area contributed by atoms with E-state index in [1.165, 1.54) is 24.8 Å². The Balaban J connectivity index is 2.01. The number of nitrogens with one attached hydrogen (secondary N) is 2. The van der Waals surface area contributed by atoms with E-state index >= 15 is 0 Å². The number of hydrogen-bond donors (Lipinski definition) is 2. The van der Waals surface area contributed by atoms with E-state index in [1.54, 1.807) is 0 Å². The lowest BCUT2D eigenvalue weighted by atomic mass is 10.1. The smallest absolute Gasteiger partial charge is 0.232 e. The largest absolute Gasteiger partial charge is 0.352 e. The van der Waals surface area contributed by atoms with Crippen molar-refractivity contribution in [2.45, 2.75) is 59.4 Å². The van der Waals surface area contributed by atoms with Crippen molar-refractivity contribution in [2.75, 3.05) is 10.6 Å². The first-order valence-corrected chi connectivity index (χ1v) is 8.39. The minimum atomic E-state index is 0.357. The highest BCUT2D eigenvalue weighted by molar-refractivity contribution is 5.54. The number of anilines is 3. The van der Waals surface area contributed by atoms with Gasteiger partial charge in [0.2, 0.25) is 11.9 Å². The van der Waals surface area contributed by atoms with Crippen LogP contribution in [0, 0.1) is 13.8 Å². The summed E-state index contributed by atoms with van der Waals surface area (Å²) >= 11 is 0. The summed E-state index contributed by atoms with van der Waals surface area (Å²) in [5.74, 6) is 1.92. The average Bonchev–Trinajstić information content (AvgIpc) is 2.49. The van der Waals surface area contributed by atoms with Crippen molar-refractivity contribution in [2.24, 2.45) is 0 Å². The van der Waals surface area contributed by atoms with Crippen molar-refractivity contribution >= 4 is 17.6 Å². The van der Waals surface area contributed by atoms with Gasteiger partial charge in [-0.3, -0.25) is 0 Å². The molecule has 124 valence electrons. The van der Waals surface area contributed by atoms with Crippen LogP contribution >= 0.6 is 0 Å². The third kappa shape index (κ3) is 5.85. The molecule has 0 aliphatic heterocycles. The molecule has 2 N–H and O–H groups in total. The molecule has 0 radical (unpaired) electrons. The van der Waals surface area contributed by atoms with Crippen LogP contribution in [0.3, 0.4) is 0 Å². The Labute approximate surface area is 139 Å². The zero-order valence-corrected chi connectivity index (χ0v) is 14.6. The molecule has 23 heavy (non-hydrogen) atoms. The van der Waals surface area contributed by atoms with E-state index in [-0.39, 0.29) is 0 Å². The van der Waals surface area contributed by atoms with Gasteiger partial charge in [0.05, 0.1) is 0 Å². The maximum absolute atomic E-state index is 4.48. The molecule has 1 aromatic heterocycles. The first-order chi connectivity index (χ1) is 11.1. The van der Waals surface area contributed by atoms with Gasteiger partial charge in [-0.1, -0.05) is 43.9 Å². The molecule has 2 rings (SSSR count). The normalized spacial score (nSPS) is 12.0. The van der Waals surface area contributed by atoms with Crippen LogP contribution in [0.1, 0.15) is 50.9 Å². The quantitative estimate of drug-likeness (QED) is 0.697. The van der Waals surface area contributed by atoms with Crippen LogP contribution in [0.5, 0.6) is 0 Å². The molecule has 2 aromatic rings. The molecule has 5 heteroatoms. The summed E-state index contributed by atoms with van der Waals surface area (Å²) in [5.41, 5.74) is 2.20. The molecule has 5 nitrogen and oxygen atoms in total. The summed E-state index contributed by atoms with van der Waals surface area (Å²) in [6, 6.07) is 8.52. The van der Waals surface area contributed by atoms with Crippen LogP contribution in [0.25, 0.3) is 0 Å². The minimum Gasteiger partial charge on any atom is -0.352 e. The van der Waals surface area contributed by atoms with E-state index in [1.807, 2.05) is 19.1 Å². The second-order valence-electron chi connectivity index (χ2n) is 6.06. The molecule has 0 saturated carbocycles. The van der Waals surface area contributed by atoms with Crippen molar-refractivity contribution in [3.8, 4) is 0 Å². The fraction of sp³-hybridized carbons (Fsp3) is 0.500. The standard InChI is InChI=1S/C18H27N5/c1-5-6-7-8-14(3)19-17-20-15(4)21-18(23-17)22-16-11-9-13(2)10-12-16/h9-12,14H,5-8H2,1-4H3,(H2,19,20,21,22,23)/t14-/m1/s1. The summed E-state index contributed by atoms with van der Waals surface area (Å²) in [5, 5.41) is 6.61. The van der Waals surface area contributed by atoms with Crippen LogP contribution in [0.2, 0.25) is 0 Å². The zero-order valence-electron chi connectivity index (χ0n) is 14.6. The van der Waals surface area contributed by atoms with E-state index in [9.17, 15) is 0 Å². The summed E-state index contributed by atoms with van der Waals surface area (Å²) in [7, 11) is 0. The fourth-order valence-corrected chi connectivity index (χ4v) is 2.36. The second kappa shape index (κ2) is 8.46. The van der Waals surface area contributed by atoms with Gasteiger partial charge in [0.1, 0.15) is 5.82 Å². The lowest BCUT2D eigenvalue weighted by Crippen LogP contribution is -2.18. The Morgan fingerprint density at radius 3 is 2.35 bits per heavy atom. The van der Waals surface area contributed by atoms with Crippen molar-refractivity contribution in [1.82, 2.24) is 15.0 Å². The second-order valence-corrected chi connectivity index (χ2v) is 6.06. The van der Waals surface area contributed by atoms with E-state index in [0.717, 1.165) is 12.1 Å². The van der Waals surface area contributed by atoms with Gasteiger partial charge in [0.15, 0.2) is 0 Å². The number of aryl methyl sites for hydroxylation is 2. The fourth-order valence-electron chi connectivity index (χ4n) is 2.36. The molecule has 0 amide bonds. The Hall–Kier alpha value is -2.17. The molecule has 1 atom stereocenters. The predicted molar refractivity (Wildman–Crippen MR) is 96.3 cm³/mol. The number of benzene rings is 1. The third-order valence-electron chi connectivity index (χ3n) is 3.67. The first-order valence-electron chi connectivity index (χ1n) is 8.39. The number of nitrogens with zero attached hydrogens (tertiary/aromatic N) is 3. The lowest BCUT2D eigenvalue weighted by Gasteiger charge is -2.14.